The molecule has 0 aliphatic rings. The predicted molar refractivity (Wildman–Crippen MR) is 75.6 cm³/mol. The average Bonchev–Trinajstić information content (AvgIpc) is 2.69. The smallest absolute Gasteiger partial charge is 0.121 e. The van der Waals surface area contributed by atoms with Crippen molar-refractivity contribution in [2.75, 3.05) is 0 Å². The molecule has 0 spiro atoms. The Hall–Kier alpha value is -1.70. The molecule has 0 N–H and O–H groups in total. The highest BCUT2D eigenvalue weighted by molar-refractivity contribution is 5.42. The van der Waals surface area contributed by atoms with Crippen molar-refractivity contribution < 1.29 is 4.74 Å². The summed E-state index contributed by atoms with van der Waals surface area (Å²) in [5.41, 5.74) is 3.65. The maximum Gasteiger partial charge on any atom is 0.121 e. The zero-order valence-corrected chi connectivity index (χ0v) is 11.6. The van der Waals surface area contributed by atoms with Crippen molar-refractivity contribution in [1.82, 2.24) is 4.57 Å². The molecule has 1 unspecified atom stereocenters. The molecule has 1 aromatic carbocycles. The summed E-state index contributed by atoms with van der Waals surface area (Å²) in [6, 6.07) is 12.6. The number of rotatable bonds is 4. The minimum atomic E-state index is 0.257. The van der Waals surface area contributed by atoms with Gasteiger partial charge >= 0.3 is 0 Å². The van der Waals surface area contributed by atoms with E-state index >= 15 is 0 Å². The van der Waals surface area contributed by atoms with Crippen LogP contribution in [0.5, 0.6) is 5.75 Å². The summed E-state index contributed by atoms with van der Waals surface area (Å²) in [4.78, 5) is 0. The van der Waals surface area contributed by atoms with E-state index in [1.807, 2.05) is 12.1 Å². The molecule has 2 aromatic rings. The molecule has 2 rings (SSSR count). The van der Waals surface area contributed by atoms with Gasteiger partial charge in [0.25, 0.3) is 0 Å². The zero-order valence-electron chi connectivity index (χ0n) is 11.6. The molecule has 0 fully saturated rings. The topological polar surface area (TPSA) is 14.2 Å². The first kappa shape index (κ1) is 12.7. The quantitative estimate of drug-likeness (QED) is 0.782. The Kier molecular flexibility index (Phi) is 3.75. The number of hydrogen-bond donors (Lipinski definition) is 0. The second-order valence-electron chi connectivity index (χ2n) is 4.79. The molecule has 0 aliphatic heterocycles. The molecular formula is C16H21NO. The van der Waals surface area contributed by atoms with E-state index in [-0.39, 0.29) is 6.10 Å². The van der Waals surface area contributed by atoms with Crippen LogP contribution in [0.4, 0.5) is 0 Å². The normalized spacial score (nSPS) is 12.4. The van der Waals surface area contributed by atoms with Crippen LogP contribution in [0.2, 0.25) is 0 Å². The van der Waals surface area contributed by atoms with Crippen LogP contribution in [-0.4, -0.2) is 10.7 Å². The highest BCUT2D eigenvalue weighted by atomic mass is 16.5. The van der Waals surface area contributed by atoms with Crippen LogP contribution < -0.4 is 4.74 Å². The molecule has 0 bridgehead atoms. The zero-order chi connectivity index (χ0) is 13.1. The van der Waals surface area contributed by atoms with Crippen molar-refractivity contribution in [1.29, 1.82) is 0 Å². The summed E-state index contributed by atoms with van der Waals surface area (Å²) in [6.07, 6.45) is 1.28. The van der Waals surface area contributed by atoms with Gasteiger partial charge in [-0.3, -0.25) is 0 Å². The fraction of sp³-hybridized carbons (Fsp3) is 0.375. The second-order valence-corrected chi connectivity index (χ2v) is 4.79. The Morgan fingerprint density at radius 1 is 1.11 bits per heavy atom. The summed E-state index contributed by atoms with van der Waals surface area (Å²) < 4.78 is 8.11. The fourth-order valence-electron chi connectivity index (χ4n) is 2.09. The van der Waals surface area contributed by atoms with Crippen LogP contribution in [-0.2, 0) is 0 Å². The third-order valence-corrected chi connectivity index (χ3v) is 3.26. The number of nitrogens with zero attached hydrogens (tertiary/aromatic N) is 1. The highest BCUT2D eigenvalue weighted by Gasteiger charge is 2.06. The molecule has 1 heterocycles. The number of aromatic nitrogens is 1. The van der Waals surface area contributed by atoms with Crippen LogP contribution >= 0.6 is 0 Å². The first-order valence-electron chi connectivity index (χ1n) is 6.54. The van der Waals surface area contributed by atoms with Crippen LogP contribution in [0.25, 0.3) is 5.69 Å². The summed E-state index contributed by atoms with van der Waals surface area (Å²) in [5.74, 6) is 0.939. The molecule has 96 valence electrons. The summed E-state index contributed by atoms with van der Waals surface area (Å²) in [7, 11) is 0. The van der Waals surface area contributed by atoms with Gasteiger partial charge in [-0.15, -0.1) is 0 Å². The van der Waals surface area contributed by atoms with E-state index in [9.17, 15) is 0 Å². The average molecular weight is 243 g/mol. The number of aryl methyl sites for hydroxylation is 2. The van der Waals surface area contributed by atoms with E-state index < -0.39 is 0 Å². The molecule has 2 heteroatoms. The monoisotopic (exact) mass is 243 g/mol. The predicted octanol–water partition coefficient (Wildman–Crippen LogP) is 4.27. The Balaban J connectivity index is 2.33. The van der Waals surface area contributed by atoms with Crippen LogP contribution in [0, 0.1) is 13.8 Å². The minimum Gasteiger partial charge on any atom is -0.491 e. The van der Waals surface area contributed by atoms with E-state index in [1.54, 1.807) is 0 Å². The Morgan fingerprint density at radius 2 is 1.78 bits per heavy atom. The second kappa shape index (κ2) is 5.30. The van der Waals surface area contributed by atoms with E-state index in [2.05, 4.69) is 56.5 Å². The third kappa shape index (κ3) is 2.58. The van der Waals surface area contributed by atoms with E-state index in [1.165, 1.54) is 11.4 Å². The van der Waals surface area contributed by atoms with Gasteiger partial charge in [0.1, 0.15) is 5.75 Å². The Labute approximate surface area is 109 Å². The Bertz CT molecular complexity index is 508. The lowest BCUT2D eigenvalue weighted by molar-refractivity contribution is 0.217. The van der Waals surface area contributed by atoms with Gasteiger partial charge in [-0.05, 0) is 51.5 Å². The van der Waals surface area contributed by atoms with E-state index in [0.717, 1.165) is 17.9 Å². The molecular weight excluding hydrogens is 222 g/mol. The van der Waals surface area contributed by atoms with Gasteiger partial charge in [-0.25, -0.2) is 0 Å². The lowest BCUT2D eigenvalue weighted by atomic mass is 10.2. The molecule has 0 saturated heterocycles. The Morgan fingerprint density at radius 3 is 2.39 bits per heavy atom. The largest absolute Gasteiger partial charge is 0.491 e. The van der Waals surface area contributed by atoms with Gasteiger partial charge in [0.2, 0.25) is 0 Å². The fourth-order valence-corrected chi connectivity index (χ4v) is 2.09. The van der Waals surface area contributed by atoms with E-state index in [0.29, 0.717) is 0 Å². The molecule has 18 heavy (non-hydrogen) atoms. The third-order valence-electron chi connectivity index (χ3n) is 3.26. The van der Waals surface area contributed by atoms with Gasteiger partial charge in [0.15, 0.2) is 0 Å². The molecule has 0 amide bonds. The van der Waals surface area contributed by atoms with Crippen LogP contribution in [0.15, 0.2) is 36.4 Å². The molecule has 2 nitrogen and oxygen atoms in total. The first-order valence-corrected chi connectivity index (χ1v) is 6.54. The molecule has 0 aliphatic carbocycles. The number of hydrogen-bond acceptors (Lipinski definition) is 1. The van der Waals surface area contributed by atoms with Gasteiger partial charge < -0.3 is 9.30 Å². The maximum atomic E-state index is 5.87. The standard InChI is InChI=1S/C16H21NO/c1-5-14(4)18-16-8-6-7-15(11-16)17-12(2)9-10-13(17)3/h6-11,14H,5H2,1-4H3. The molecule has 1 atom stereocenters. The number of ether oxygens (including phenoxy) is 1. The highest BCUT2D eigenvalue weighted by Crippen LogP contribution is 2.22. The van der Waals surface area contributed by atoms with Gasteiger partial charge in [-0.1, -0.05) is 13.0 Å². The van der Waals surface area contributed by atoms with Crippen molar-refractivity contribution in [2.45, 2.75) is 40.2 Å². The molecule has 0 radical (unpaired) electrons. The van der Waals surface area contributed by atoms with Crippen molar-refractivity contribution in [3.63, 3.8) is 0 Å². The first-order chi connectivity index (χ1) is 8.61. The van der Waals surface area contributed by atoms with Crippen LogP contribution in [0.3, 0.4) is 0 Å². The van der Waals surface area contributed by atoms with Crippen molar-refractivity contribution >= 4 is 0 Å². The molecule has 0 saturated carbocycles. The van der Waals surface area contributed by atoms with Gasteiger partial charge in [0.05, 0.1) is 6.10 Å². The number of benzene rings is 1. The van der Waals surface area contributed by atoms with E-state index in [4.69, 9.17) is 4.74 Å². The van der Waals surface area contributed by atoms with Crippen molar-refractivity contribution in [2.24, 2.45) is 0 Å². The van der Waals surface area contributed by atoms with Crippen molar-refractivity contribution in [3.8, 4) is 11.4 Å². The maximum absolute atomic E-state index is 5.87. The van der Waals surface area contributed by atoms with Crippen LogP contribution in [0.1, 0.15) is 31.7 Å². The van der Waals surface area contributed by atoms with Gasteiger partial charge in [0, 0.05) is 23.1 Å². The summed E-state index contributed by atoms with van der Waals surface area (Å²) >= 11 is 0. The minimum absolute atomic E-state index is 0.257. The van der Waals surface area contributed by atoms with Gasteiger partial charge in [-0.2, -0.15) is 0 Å². The SMILES string of the molecule is CCC(C)Oc1cccc(-n2c(C)ccc2C)c1. The lowest BCUT2D eigenvalue weighted by Crippen LogP contribution is -2.10. The van der Waals surface area contributed by atoms with Crippen molar-refractivity contribution in [3.05, 3.63) is 47.8 Å². The molecule has 1 aromatic heterocycles. The summed E-state index contributed by atoms with van der Waals surface area (Å²) in [6.45, 7) is 8.47. The lowest BCUT2D eigenvalue weighted by Gasteiger charge is -2.15. The summed E-state index contributed by atoms with van der Waals surface area (Å²) in [5, 5.41) is 0.